The number of rotatable bonds is 4. The SMILES string of the molecule is CNC(=O)NC(=O)[C@@H](OC(=O)c1ccc(F)cc1Br)c1ccccc1. The van der Waals surface area contributed by atoms with E-state index in [0.29, 0.717) is 5.56 Å². The maximum absolute atomic E-state index is 13.2. The number of urea groups is 1. The van der Waals surface area contributed by atoms with Gasteiger partial charge in [0.2, 0.25) is 6.10 Å². The Labute approximate surface area is 151 Å². The summed E-state index contributed by atoms with van der Waals surface area (Å²) >= 11 is 3.08. The van der Waals surface area contributed by atoms with E-state index in [9.17, 15) is 18.8 Å². The molecule has 2 N–H and O–H groups in total. The summed E-state index contributed by atoms with van der Waals surface area (Å²) in [6.07, 6.45) is -1.34. The fraction of sp³-hybridized carbons (Fsp3) is 0.118. The molecule has 0 heterocycles. The molecule has 0 unspecified atom stereocenters. The normalized spacial score (nSPS) is 11.3. The molecule has 0 fully saturated rings. The van der Waals surface area contributed by atoms with Crippen LogP contribution in [0.2, 0.25) is 0 Å². The van der Waals surface area contributed by atoms with Crippen LogP contribution >= 0.6 is 15.9 Å². The van der Waals surface area contributed by atoms with Crippen LogP contribution in [0.15, 0.2) is 53.0 Å². The smallest absolute Gasteiger partial charge is 0.340 e. The van der Waals surface area contributed by atoms with Crippen molar-refractivity contribution in [1.29, 1.82) is 0 Å². The first kappa shape index (κ1) is 18.6. The van der Waals surface area contributed by atoms with Gasteiger partial charge >= 0.3 is 12.0 Å². The molecule has 0 aliphatic carbocycles. The molecule has 25 heavy (non-hydrogen) atoms. The zero-order valence-corrected chi connectivity index (χ0v) is 14.7. The van der Waals surface area contributed by atoms with Crippen LogP contribution < -0.4 is 10.6 Å². The van der Waals surface area contributed by atoms with Gasteiger partial charge in [-0.25, -0.2) is 14.0 Å². The number of esters is 1. The lowest BCUT2D eigenvalue weighted by Crippen LogP contribution is -2.41. The van der Waals surface area contributed by atoms with E-state index in [-0.39, 0.29) is 10.0 Å². The van der Waals surface area contributed by atoms with Crippen molar-refractivity contribution in [3.05, 3.63) is 69.9 Å². The first-order valence-electron chi connectivity index (χ1n) is 7.16. The van der Waals surface area contributed by atoms with E-state index in [4.69, 9.17) is 4.74 Å². The van der Waals surface area contributed by atoms with Crippen molar-refractivity contribution < 1.29 is 23.5 Å². The number of benzene rings is 2. The molecule has 2 rings (SSSR count). The molecule has 0 radical (unpaired) electrons. The molecule has 0 saturated heterocycles. The van der Waals surface area contributed by atoms with Crippen molar-refractivity contribution in [3.63, 3.8) is 0 Å². The number of amides is 3. The Morgan fingerprint density at radius 2 is 1.80 bits per heavy atom. The molecule has 8 heteroatoms. The number of imide groups is 1. The van der Waals surface area contributed by atoms with Crippen LogP contribution in [-0.4, -0.2) is 25.0 Å². The van der Waals surface area contributed by atoms with E-state index >= 15 is 0 Å². The maximum atomic E-state index is 13.2. The zero-order chi connectivity index (χ0) is 18.4. The summed E-state index contributed by atoms with van der Waals surface area (Å²) in [7, 11) is 1.35. The molecule has 1 atom stereocenters. The minimum atomic E-state index is -1.34. The number of carbonyl (C=O) groups excluding carboxylic acids is 3. The van der Waals surface area contributed by atoms with Gasteiger partial charge in [-0.1, -0.05) is 30.3 Å². The third-order valence-corrected chi connectivity index (χ3v) is 3.84. The number of carbonyl (C=O) groups is 3. The molecule has 130 valence electrons. The third kappa shape index (κ3) is 4.87. The predicted octanol–water partition coefficient (Wildman–Crippen LogP) is 2.94. The van der Waals surface area contributed by atoms with E-state index in [1.54, 1.807) is 30.3 Å². The van der Waals surface area contributed by atoms with Crippen molar-refractivity contribution in [1.82, 2.24) is 10.6 Å². The predicted molar refractivity (Wildman–Crippen MR) is 91.3 cm³/mol. The zero-order valence-electron chi connectivity index (χ0n) is 13.1. The largest absolute Gasteiger partial charge is 0.444 e. The van der Waals surface area contributed by atoms with Crippen LogP contribution in [0.25, 0.3) is 0 Å². The average molecular weight is 409 g/mol. The van der Waals surface area contributed by atoms with Crippen LogP contribution in [0.3, 0.4) is 0 Å². The Bertz CT molecular complexity index is 798. The van der Waals surface area contributed by atoms with E-state index in [1.807, 2.05) is 0 Å². The second-order valence-corrected chi connectivity index (χ2v) is 5.74. The Morgan fingerprint density at radius 3 is 2.40 bits per heavy atom. The second-order valence-electron chi connectivity index (χ2n) is 4.89. The molecular weight excluding hydrogens is 395 g/mol. The van der Waals surface area contributed by atoms with Crippen molar-refractivity contribution in [3.8, 4) is 0 Å². The lowest BCUT2D eigenvalue weighted by molar-refractivity contribution is -0.129. The monoisotopic (exact) mass is 408 g/mol. The van der Waals surface area contributed by atoms with Gasteiger partial charge in [-0.15, -0.1) is 0 Å². The van der Waals surface area contributed by atoms with Gasteiger partial charge in [-0.05, 0) is 34.1 Å². The molecule has 3 amide bonds. The Hall–Kier alpha value is -2.74. The first-order valence-corrected chi connectivity index (χ1v) is 7.95. The van der Waals surface area contributed by atoms with Crippen molar-refractivity contribution in [2.45, 2.75) is 6.10 Å². The third-order valence-electron chi connectivity index (χ3n) is 3.18. The summed E-state index contributed by atoms with van der Waals surface area (Å²) in [5, 5.41) is 4.31. The Kier molecular flexibility index (Phi) is 6.24. The lowest BCUT2D eigenvalue weighted by Gasteiger charge is -2.18. The van der Waals surface area contributed by atoms with Gasteiger partial charge in [0.1, 0.15) is 5.82 Å². The van der Waals surface area contributed by atoms with Gasteiger partial charge in [0, 0.05) is 17.1 Å². The van der Waals surface area contributed by atoms with Crippen LogP contribution in [0.1, 0.15) is 22.0 Å². The minimum absolute atomic E-state index is 0.0510. The van der Waals surface area contributed by atoms with Crippen molar-refractivity contribution >= 4 is 33.8 Å². The van der Waals surface area contributed by atoms with Gasteiger partial charge in [-0.2, -0.15) is 0 Å². The maximum Gasteiger partial charge on any atom is 0.340 e. The summed E-state index contributed by atoms with van der Waals surface area (Å²) in [6, 6.07) is 10.9. The second kappa shape index (κ2) is 8.39. The molecule has 2 aromatic rings. The van der Waals surface area contributed by atoms with Gasteiger partial charge in [0.25, 0.3) is 5.91 Å². The fourth-order valence-electron chi connectivity index (χ4n) is 1.97. The highest BCUT2D eigenvalue weighted by Gasteiger charge is 2.27. The average Bonchev–Trinajstić information content (AvgIpc) is 2.59. The van der Waals surface area contributed by atoms with Gasteiger partial charge in [-0.3, -0.25) is 10.1 Å². The van der Waals surface area contributed by atoms with Crippen LogP contribution in [0.4, 0.5) is 9.18 Å². The molecule has 0 aliphatic heterocycles. The summed E-state index contributed by atoms with van der Waals surface area (Å²) in [5.41, 5.74) is 0.436. The molecule has 0 aliphatic rings. The van der Waals surface area contributed by atoms with Crippen LogP contribution in [0, 0.1) is 5.82 Å². The Balaban J connectivity index is 2.28. The number of hydrogen-bond donors (Lipinski definition) is 2. The van der Waals surface area contributed by atoms with Crippen LogP contribution in [-0.2, 0) is 9.53 Å². The van der Waals surface area contributed by atoms with Crippen LogP contribution in [0.5, 0.6) is 0 Å². The van der Waals surface area contributed by atoms with E-state index in [1.165, 1.54) is 13.1 Å². The standard InChI is InChI=1S/C17H14BrFN2O4/c1-20-17(24)21-15(22)14(10-5-3-2-4-6-10)25-16(23)12-8-7-11(19)9-13(12)18/h2-9,14H,1H3,(H2,20,21,22,24)/t14-/m0/s1. The van der Waals surface area contributed by atoms with E-state index in [0.717, 1.165) is 12.1 Å². The molecule has 6 nitrogen and oxygen atoms in total. The van der Waals surface area contributed by atoms with Gasteiger partial charge in [0.15, 0.2) is 0 Å². The lowest BCUT2D eigenvalue weighted by atomic mass is 10.1. The quantitative estimate of drug-likeness (QED) is 0.761. The number of hydrogen-bond acceptors (Lipinski definition) is 4. The Morgan fingerprint density at radius 1 is 1.12 bits per heavy atom. The minimum Gasteiger partial charge on any atom is -0.444 e. The summed E-state index contributed by atoms with van der Waals surface area (Å²) in [4.78, 5) is 36.0. The first-order chi connectivity index (χ1) is 11.9. The molecule has 0 spiro atoms. The highest BCUT2D eigenvalue weighted by molar-refractivity contribution is 9.10. The highest BCUT2D eigenvalue weighted by atomic mass is 79.9. The highest BCUT2D eigenvalue weighted by Crippen LogP contribution is 2.23. The van der Waals surface area contributed by atoms with E-state index in [2.05, 4.69) is 26.6 Å². The molecule has 0 saturated carbocycles. The number of halogens is 2. The molecular formula is C17H14BrFN2O4. The summed E-state index contributed by atoms with van der Waals surface area (Å²) in [6.45, 7) is 0. The van der Waals surface area contributed by atoms with Crippen molar-refractivity contribution in [2.24, 2.45) is 0 Å². The number of nitrogens with one attached hydrogen (secondary N) is 2. The topological polar surface area (TPSA) is 84.5 Å². The summed E-state index contributed by atoms with van der Waals surface area (Å²) in [5.74, 6) is -2.18. The number of ether oxygens (including phenoxy) is 1. The molecule has 0 aromatic heterocycles. The van der Waals surface area contributed by atoms with Gasteiger partial charge < -0.3 is 10.1 Å². The van der Waals surface area contributed by atoms with E-state index < -0.39 is 29.8 Å². The van der Waals surface area contributed by atoms with Crippen molar-refractivity contribution in [2.75, 3.05) is 7.05 Å². The fourth-order valence-corrected chi connectivity index (χ4v) is 2.48. The summed E-state index contributed by atoms with van der Waals surface area (Å²) < 4.78 is 18.6. The molecule has 2 aromatic carbocycles. The molecule has 0 bridgehead atoms. The van der Waals surface area contributed by atoms with Gasteiger partial charge in [0.05, 0.1) is 5.56 Å².